The Hall–Kier alpha value is -1.63. The molecule has 2 saturated carbocycles. The van der Waals surface area contributed by atoms with Crippen LogP contribution in [-0.4, -0.2) is 36.4 Å². The van der Waals surface area contributed by atoms with Gasteiger partial charge in [-0.05, 0) is 50.8 Å². The molecule has 25 heavy (non-hydrogen) atoms. The summed E-state index contributed by atoms with van der Waals surface area (Å²) in [5, 5.41) is 11.6. The summed E-state index contributed by atoms with van der Waals surface area (Å²) in [6, 6.07) is 9.57. The second-order valence-electron chi connectivity index (χ2n) is 7.93. The van der Waals surface area contributed by atoms with Crippen molar-refractivity contribution >= 4 is 5.78 Å². The molecule has 0 amide bonds. The molecule has 4 unspecified atom stereocenters. The second-order valence-corrected chi connectivity index (χ2v) is 7.93. The first-order valence-electron chi connectivity index (χ1n) is 9.43. The van der Waals surface area contributed by atoms with Gasteiger partial charge in [0.05, 0.1) is 6.54 Å². The van der Waals surface area contributed by atoms with Gasteiger partial charge in [0, 0.05) is 18.8 Å². The first-order chi connectivity index (χ1) is 12.0. The van der Waals surface area contributed by atoms with Crippen molar-refractivity contribution < 1.29 is 9.90 Å². The molecule has 3 heteroatoms. The topological polar surface area (TPSA) is 40.5 Å². The molecule has 2 aliphatic carbocycles. The Bertz CT molecular complexity index is 658. The zero-order valence-corrected chi connectivity index (χ0v) is 15.4. The molecule has 4 atom stereocenters. The number of aliphatic hydroxyl groups is 1. The summed E-state index contributed by atoms with van der Waals surface area (Å²) in [6.07, 6.45) is 5.41. The Morgan fingerprint density at radius 2 is 1.96 bits per heavy atom. The van der Waals surface area contributed by atoms with E-state index in [1.165, 1.54) is 12.8 Å². The smallest absolute Gasteiger partial charge is 0.170 e. The largest absolute Gasteiger partial charge is 0.377 e. The minimum absolute atomic E-state index is 0.0598. The molecule has 134 valence electrons. The number of hydrogen-bond donors (Lipinski definition) is 1. The molecule has 1 N–H and O–H groups in total. The number of Topliss-reactive ketones (excluding diaryl/α,β-unsaturated/α-hetero) is 1. The molecule has 0 aromatic heterocycles. The van der Waals surface area contributed by atoms with E-state index in [1.807, 2.05) is 49.3 Å². The van der Waals surface area contributed by atoms with Crippen molar-refractivity contribution in [3.63, 3.8) is 0 Å². The maximum absolute atomic E-state index is 13.1. The molecular weight excluding hydrogens is 310 g/mol. The van der Waals surface area contributed by atoms with Crippen LogP contribution in [0.2, 0.25) is 0 Å². The van der Waals surface area contributed by atoms with Crippen LogP contribution in [0.15, 0.2) is 30.3 Å². The standard InChI is InChI=1S/C22H29NO2/c1-23(2)14-8-4-7-11-21(24)22(25,19-9-5-3-6-10-19)20-16-17-12-13-18(20)15-17/h3,5-6,9-10,17-18,20,25H,7,11-16H2,1-2H3. The number of ketones is 1. The highest BCUT2D eigenvalue weighted by Crippen LogP contribution is 2.55. The Morgan fingerprint density at radius 1 is 1.20 bits per heavy atom. The highest BCUT2D eigenvalue weighted by atomic mass is 16.3. The molecule has 3 nitrogen and oxygen atoms in total. The molecule has 2 bridgehead atoms. The van der Waals surface area contributed by atoms with Crippen LogP contribution in [0.3, 0.4) is 0 Å². The monoisotopic (exact) mass is 339 g/mol. The highest BCUT2D eigenvalue weighted by molar-refractivity contribution is 5.89. The Balaban J connectivity index is 1.77. The van der Waals surface area contributed by atoms with Crippen LogP contribution in [0.5, 0.6) is 0 Å². The summed E-state index contributed by atoms with van der Waals surface area (Å²) in [7, 11) is 3.95. The predicted molar refractivity (Wildman–Crippen MR) is 99.8 cm³/mol. The van der Waals surface area contributed by atoms with Crippen LogP contribution in [0.25, 0.3) is 0 Å². The lowest BCUT2D eigenvalue weighted by Gasteiger charge is -2.38. The van der Waals surface area contributed by atoms with E-state index in [2.05, 4.69) is 11.8 Å². The molecule has 0 saturated heterocycles. The van der Waals surface area contributed by atoms with Gasteiger partial charge in [0.15, 0.2) is 11.4 Å². The Morgan fingerprint density at radius 3 is 2.56 bits per heavy atom. The molecule has 2 aliphatic rings. The third-order valence-electron chi connectivity index (χ3n) is 5.91. The fraction of sp³-hybridized carbons (Fsp3) is 0.591. The van der Waals surface area contributed by atoms with E-state index in [0.717, 1.165) is 18.4 Å². The third kappa shape index (κ3) is 3.81. The van der Waals surface area contributed by atoms with Gasteiger partial charge in [-0.15, -0.1) is 5.92 Å². The summed E-state index contributed by atoms with van der Waals surface area (Å²) in [5.41, 5.74) is -0.580. The lowest BCUT2D eigenvalue weighted by Crippen LogP contribution is -2.45. The highest BCUT2D eigenvalue weighted by Gasteiger charge is 2.53. The van der Waals surface area contributed by atoms with E-state index in [9.17, 15) is 9.90 Å². The van der Waals surface area contributed by atoms with Crippen LogP contribution in [-0.2, 0) is 10.4 Å². The van der Waals surface area contributed by atoms with Crippen molar-refractivity contribution in [1.29, 1.82) is 0 Å². The number of hydrogen-bond acceptors (Lipinski definition) is 3. The molecule has 1 aromatic rings. The molecule has 0 aliphatic heterocycles. The third-order valence-corrected chi connectivity index (χ3v) is 5.91. The fourth-order valence-corrected chi connectivity index (χ4v) is 4.70. The molecule has 1 aromatic carbocycles. The van der Waals surface area contributed by atoms with Crippen molar-refractivity contribution in [1.82, 2.24) is 4.90 Å². The second kappa shape index (κ2) is 7.72. The maximum atomic E-state index is 13.1. The van der Waals surface area contributed by atoms with E-state index in [1.54, 1.807) is 0 Å². The fourth-order valence-electron chi connectivity index (χ4n) is 4.70. The summed E-state index contributed by atoms with van der Waals surface area (Å²) in [5.74, 6) is 7.33. The SMILES string of the molecule is CN(C)CC#CCCC(=O)C(O)(c1ccccc1)C1CC2CCC1C2. The van der Waals surface area contributed by atoms with Gasteiger partial charge in [-0.25, -0.2) is 0 Å². The van der Waals surface area contributed by atoms with E-state index in [0.29, 0.717) is 31.2 Å². The Kier molecular flexibility index (Phi) is 5.61. The lowest BCUT2D eigenvalue weighted by atomic mass is 9.70. The predicted octanol–water partition coefficient (Wildman–Crippen LogP) is 3.22. The summed E-state index contributed by atoms with van der Waals surface area (Å²) >= 11 is 0. The normalized spacial score (nSPS) is 27.0. The van der Waals surface area contributed by atoms with Crippen molar-refractivity contribution in [3.8, 4) is 11.8 Å². The van der Waals surface area contributed by atoms with Crippen LogP contribution < -0.4 is 0 Å². The first-order valence-corrected chi connectivity index (χ1v) is 9.43. The van der Waals surface area contributed by atoms with E-state index in [4.69, 9.17) is 0 Å². The van der Waals surface area contributed by atoms with Crippen molar-refractivity contribution in [2.75, 3.05) is 20.6 Å². The van der Waals surface area contributed by atoms with Crippen molar-refractivity contribution in [2.45, 2.75) is 44.1 Å². The van der Waals surface area contributed by atoms with Crippen LogP contribution in [0.4, 0.5) is 0 Å². The van der Waals surface area contributed by atoms with Gasteiger partial charge >= 0.3 is 0 Å². The van der Waals surface area contributed by atoms with Gasteiger partial charge in [-0.1, -0.05) is 42.7 Å². The quantitative estimate of drug-likeness (QED) is 0.809. The molecule has 2 fully saturated rings. The van der Waals surface area contributed by atoms with Gasteiger partial charge in [0.25, 0.3) is 0 Å². The Labute approximate surface area is 151 Å². The van der Waals surface area contributed by atoms with E-state index in [-0.39, 0.29) is 11.7 Å². The molecule has 0 radical (unpaired) electrons. The average Bonchev–Trinajstić information content (AvgIpc) is 3.24. The first kappa shape index (κ1) is 18.2. The van der Waals surface area contributed by atoms with Crippen molar-refractivity contribution in [2.24, 2.45) is 17.8 Å². The number of fused-ring (bicyclic) bond motifs is 2. The molecule has 0 spiro atoms. The van der Waals surface area contributed by atoms with E-state index < -0.39 is 5.60 Å². The summed E-state index contributed by atoms with van der Waals surface area (Å²) < 4.78 is 0. The van der Waals surface area contributed by atoms with Gasteiger partial charge in [0.2, 0.25) is 0 Å². The molecular formula is C22H29NO2. The summed E-state index contributed by atoms with van der Waals surface area (Å²) in [6.45, 7) is 0.698. The zero-order valence-electron chi connectivity index (χ0n) is 15.4. The number of nitrogens with zero attached hydrogens (tertiary/aromatic N) is 1. The number of rotatable bonds is 6. The number of carbonyl (C=O) groups is 1. The zero-order chi connectivity index (χ0) is 17.9. The van der Waals surface area contributed by atoms with Crippen molar-refractivity contribution in [3.05, 3.63) is 35.9 Å². The molecule has 0 heterocycles. The van der Waals surface area contributed by atoms with Crippen LogP contribution >= 0.6 is 0 Å². The van der Waals surface area contributed by atoms with Crippen LogP contribution in [0, 0.1) is 29.6 Å². The molecule has 3 rings (SSSR count). The van der Waals surface area contributed by atoms with Gasteiger partial charge < -0.3 is 5.11 Å². The minimum Gasteiger partial charge on any atom is -0.377 e. The van der Waals surface area contributed by atoms with Gasteiger partial charge in [-0.3, -0.25) is 9.69 Å². The van der Waals surface area contributed by atoms with Crippen LogP contribution in [0.1, 0.15) is 44.1 Å². The van der Waals surface area contributed by atoms with Gasteiger partial charge in [-0.2, -0.15) is 0 Å². The lowest BCUT2D eigenvalue weighted by molar-refractivity contribution is -0.148. The average molecular weight is 339 g/mol. The number of benzene rings is 1. The summed E-state index contributed by atoms with van der Waals surface area (Å²) in [4.78, 5) is 15.1. The van der Waals surface area contributed by atoms with E-state index >= 15 is 0 Å². The number of carbonyl (C=O) groups excluding carboxylic acids is 1. The van der Waals surface area contributed by atoms with Gasteiger partial charge in [0.1, 0.15) is 0 Å². The maximum Gasteiger partial charge on any atom is 0.170 e. The minimum atomic E-state index is -1.34.